The van der Waals surface area contributed by atoms with Gasteiger partial charge in [-0.3, -0.25) is 9.48 Å². The van der Waals surface area contributed by atoms with Crippen molar-refractivity contribution in [2.24, 2.45) is 0 Å². The lowest BCUT2D eigenvalue weighted by atomic mass is 10.1. The molecule has 2 heterocycles. The fourth-order valence-electron chi connectivity index (χ4n) is 2.20. The van der Waals surface area contributed by atoms with E-state index in [4.69, 9.17) is 15.6 Å². The van der Waals surface area contributed by atoms with Gasteiger partial charge in [-0.05, 0) is 18.9 Å². The molecule has 0 saturated carbocycles. The number of ether oxygens (including phenoxy) is 1. The number of hydrogen-bond donors (Lipinski definition) is 2. The van der Waals surface area contributed by atoms with E-state index in [-0.39, 0.29) is 25.2 Å². The topological polar surface area (TPSA) is 93.6 Å². The first kappa shape index (κ1) is 13.8. The molecule has 1 aliphatic rings. The normalized spacial score (nSPS) is 16.8. The van der Waals surface area contributed by atoms with Crippen LogP contribution in [0.5, 0.6) is 0 Å². The number of carbonyl (C=O) groups is 1. The molecule has 0 unspecified atom stereocenters. The zero-order chi connectivity index (χ0) is 13.7. The molecular weight excluding hydrogens is 248 g/mol. The highest BCUT2D eigenvalue weighted by molar-refractivity contribution is 5.76. The number of anilines is 1. The zero-order valence-electron chi connectivity index (χ0n) is 10.9. The van der Waals surface area contributed by atoms with E-state index < -0.39 is 0 Å². The van der Waals surface area contributed by atoms with Crippen molar-refractivity contribution in [1.82, 2.24) is 14.7 Å². The van der Waals surface area contributed by atoms with Crippen LogP contribution in [0.15, 0.2) is 12.3 Å². The summed E-state index contributed by atoms with van der Waals surface area (Å²) in [6, 6.07) is 1.67. The Bertz CT molecular complexity index is 413. The zero-order valence-corrected chi connectivity index (χ0v) is 10.9. The summed E-state index contributed by atoms with van der Waals surface area (Å²) in [4.78, 5) is 13.9. The summed E-state index contributed by atoms with van der Waals surface area (Å²) in [5.41, 5.74) is 5.50. The molecular formula is C12H20N4O3. The first-order valence-electron chi connectivity index (χ1n) is 6.48. The Morgan fingerprint density at radius 2 is 2.26 bits per heavy atom. The van der Waals surface area contributed by atoms with Gasteiger partial charge in [0, 0.05) is 19.3 Å². The number of nitrogen functional groups attached to an aromatic ring is 1. The second-order valence-corrected chi connectivity index (χ2v) is 4.61. The molecule has 0 bridgehead atoms. The molecule has 106 valence electrons. The van der Waals surface area contributed by atoms with E-state index in [0.29, 0.717) is 25.5 Å². The summed E-state index contributed by atoms with van der Waals surface area (Å²) in [5, 5.41) is 12.7. The fourth-order valence-corrected chi connectivity index (χ4v) is 2.20. The third-order valence-corrected chi connectivity index (χ3v) is 3.20. The minimum Gasteiger partial charge on any atom is -0.394 e. The van der Waals surface area contributed by atoms with Gasteiger partial charge in [-0.15, -0.1) is 0 Å². The standard InChI is InChI=1S/C12H20N4O3/c13-11-3-6-16(14-11)9-12(18)15-4-1-10(2-5-15)19-8-7-17/h3,6,10,17H,1-2,4-5,7-9H2,(H2,13,14). The summed E-state index contributed by atoms with van der Waals surface area (Å²) < 4.78 is 7.01. The highest BCUT2D eigenvalue weighted by Gasteiger charge is 2.23. The Kier molecular flexibility index (Phi) is 4.75. The van der Waals surface area contributed by atoms with Gasteiger partial charge in [-0.2, -0.15) is 5.10 Å². The van der Waals surface area contributed by atoms with Gasteiger partial charge in [0.05, 0.1) is 19.3 Å². The SMILES string of the molecule is Nc1ccn(CC(=O)N2CCC(OCCO)CC2)n1. The lowest BCUT2D eigenvalue weighted by Gasteiger charge is -2.31. The molecule has 1 aromatic heterocycles. The molecule has 1 aromatic rings. The summed E-state index contributed by atoms with van der Waals surface area (Å²) in [6.45, 7) is 2.00. The fraction of sp³-hybridized carbons (Fsp3) is 0.667. The number of carbonyl (C=O) groups excluding carboxylic acids is 1. The van der Waals surface area contributed by atoms with Gasteiger partial charge in [0.2, 0.25) is 5.91 Å². The number of aromatic nitrogens is 2. The predicted molar refractivity (Wildman–Crippen MR) is 69.3 cm³/mol. The third kappa shape index (κ3) is 3.93. The van der Waals surface area contributed by atoms with E-state index >= 15 is 0 Å². The van der Waals surface area contributed by atoms with Crippen molar-refractivity contribution in [3.63, 3.8) is 0 Å². The molecule has 0 aliphatic carbocycles. The molecule has 1 fully saturated rings. The lowest BCUT2D eigenvalue weighted by Crippen LogP contribution is -2.42. The molecule has 1 aliphatic heterocycles. The third-order valence-electron chi connectivity index (χ3n) is 3.20. The number of rotatable bonds is 5. The van der Waals surface area contributed by atoms with Gasteiger partial charge >= 0.3 is 0 Å². The number of amides is 1. The molecule has 7 heteroatoms. The summed E-state index contributed by atoms with van der Waals surface area (Å²) in [7, 11) is 0. The summed E-state index contributed by atoms with van der Waals surface area (Å²) in [6.07, 6.45) is 3.47. The van der Waals surface area contributed by atoms with Crippen LogP contribution in [0, 0.1) is 0 Å². The molecule has 1 amide bonds. The van der Waals surface area contributed by atoms with E-state index in [1.165, 1.54) is 0 Å². The molecule has 0 radical (unpaired) electrons. The van der Waals surface area contributed by atoms with Crippen LogP contribution in [-0.2, 0) is 16.1 Å². The van der Waals surface area contributed by atoms with Crippen LogP contribution in [0.4, 0.5) is 5.82 Å². The van der Waals surface area contributed by atoms with Crippen molar-refractivity contribution >= 4 is 11.7 Å². The monoisotopic (exact) mass is 268 g/mol. The second kappa shape index (κ2) is 6.53. The molecule has 1 saturated heterocycles. The van der Waals surface area contributed by atoms with Crippen LogP contribution in [-0.4, -0.2) is 58.1 Å². The summed E-state index contributed by atoms with van der Waals surface area (Å²) >= 11 is 0. The Morgan fingerprint density at radius 1 is 1.53 bits per heavy atom. The predicted octanol–water partition coefficient (Wildman–Crippen LogP) is -0.535. The summed E-state index contributed by atoms with van der Waals surface area (Å²) in [5.74, 6) is 0.465. The maximum absolute atomic E-state index is 12.0. The van der Waals surface area contributed by atoms with Crippen molar-refractivity contribution < 1.29 is 14.6 Å². The van der Waals surface area contributed by atoms with Crippen LogP contribution in [0.1, 0.15) is 12.8 Å². The first-order chi connectivity index (χ1) is 9.19. The first-order valence-corrected chi connectivity index (χ1v) is 6.48. The molecule has 19 heavy (non-hydrogen) atoms. The molecule has 2 rings (SSSR count). The van der Waals surface area contributed by atoms with Crippen LogP contribution in [0.25, 0.3) is 0 Å². The number of likely N-dealkylation sites (tertiary alicyclic amines) is 1. The largest absolute Gasteiger partial charge is 0.394 e. The maximum Gasteiger partial charge on any atom is 0.244 e. The average molecular weight is 268 g/mol. The highest BCUT2D eigenvalue weighted by atomic mass is 16.5. The average Bonchev–Trinajstić information content (AvgIpc) is 2.82. The Morgan fingerprint density at radius 3 is 2.84 bits per heavy atom. The van der Waals surface area contributed by atoms with E-state index in [1.54, 1.807) is 16.9 Å². The molecule has 7 nitrogen and oxygen atoms in total. The van der Waals surface area contributed by atoms with Gasteiger partial charge < -0.3 is 20.5 Å². The van der Waals surface area contributed by atoms with Crippen LogP contribution in [0.2, 0.25) is 0 Å². The second-order valence-electron chi connectivity index (χ2n) is 4.61. The van der Waals surface area contributed by atoms with Gasteiger partial charge in [0.1, 0.15) is 12.4 Å². The van der Waals surface area contributed by atoms with Crippen molar-refractivity contribution in [2.45, 2.75) is 25.5 Å². The van der Waals surface area contributed by atoms with E-state index in [2.05, 4.69) is 5.10 Å². The van der Waals surface area contributed by atoms with Gasteiger partial charge in [-0.25, -0.2) is 0 Å². The molecule has 0 spiro atoms. The molecule has 3 N–H and O–H groups in total. The number of nitrogens with zero attached hydrogens (tertiary/aromatic N) is 3. The number of aliphatic hydroxyl groups excluding tert-OH is 1. The van der Waals surface area contributed by atoms with Gasteiger partial charge in [-0.1, -0.05) is 0 Å². The van der Waals surface area contributed by atoms with Crippen LogP contribution < -0.4 is 5.73 Å². The van der Waals surface area contributed by atoms with Crippen molar-refractivity contribution in [3.05, 3.63) is 12.3 Å². The van der Waals surface area contributed by atoms with E-state index in [0.717, 1.165) is 12.8 Å². The van der Waals surface area contributed by atoms with E-state index in [1.807, 2.05) is 4.90 Å². The number of piperidine rings is 1. The van der Waals surface area contributed by atoms with Gasteiger partial charge in [0.15, 0.2) is 0 Å². The Hall–Kier alpha value is -1.60. The quantitative estimate of drug-likeness (QED) is 0.748. The smallest absolute Gasteiger partial charge is 0.244 e. The van der Waals surface area contributed by atoms with Crippen molar-refractivity contribution in [2.75, 3.05) is 32.0 Å². The van der Waals surface area contributed by atoms with Crippen LogP contribution in [0.3, 0.4) is 0 Å². The minimum absolute atomic E-state index is 0.0415. The number of hydrogen-bond acceptors (Lipinski definition) is 5. The van der Waals surface area contributed by atoms with E-state index in [9.17, 15) is 4.79 Å². The number of nitrogens with two attached hydrogens (primary N) is 1. The number of aliphatic hydroxyl groups is 1. The van der Waals surface area contributed by atoms with Gasteiger partial charge in [0.25, 0.3) is 0 Å². The minimum atomic E-state index is 0.0415. The Labute approximate surface area is 111 Å². The highest BCUT2D eigenvalue weighted by Crippen LogP contribution is 2.14. The molecule has 0 atom stereocenters. The molecule has 0 aromatic carbocycles. The van der Waals surface area contributed by atoms with Crippen LogP contribution >= 0.6 is 0 Å². The lowest BCUT2D eigenvalue weighted by molar-refractivity contribution is -0.134. The van der Waals surface area contributed by atoms with Crippen molar-refractivity contribution in [1.29, 1.82) is 0 Å². The van der Waals surface area contributed by atoms with Crippen molar-refractivity contribution in [3.8, 4) is 0 Å². The maximum atomic E-state index is 12.0. The Balaban J connectivity index is 1.76.